The van der Waals surface area contributed by atoms with Gasteiger partial charge in [0.1, 0.15) is 0 Å². The predicted molar refractivity (Wildman–Crippen MR) is 63.4 cm³/mol. The van der Waals surface area contributed by atoms with Crippen LogP contribution >= 0.6 is 0 Å². The molecule has 0 amide bonds. The molecule has 0 saturated carbocycles. The van der Waals surface area contributed by atoms with E-state index in [1.165, 1.54) is 5.56 Å². The molecular formula is C10H14NNaO2S-. The van der Waals surface area contributed by atoms with E-state index in [0.717, 1.165) is 6.42 Å². The molecule has 1 radical (unpaired) electrons. The van der Waals surface area contributed by atoms with Gasteiger partial charge in [0, 0.05) is 46.5 Å². The van der Waals surface area contributed by atoms with Crippen molar-refractivity contribution in [3.63, 3.8) is 0 Å². The van der Waals surface area contributed by atoms with E-state index >= 15 is 0 Å². The van der Waals surface area contributed by atoms with Gasteiger partial charge in [0.15, 0.2) is 0 Å². The summed E-state index contributed by atoms with van der Waals surface area (Å²) in [5, 5.41) is 0. The van der Waals surface area contributed by atoms with Crippen LogP contribution in [0.25, 0.3) is 0 Å². The molecule has 0 heterocycles. The molecule has 0 aliphatic carbocycles. The molecule has 3 nitrogen and oxygen atoms in total. The van der Waals surface area contributed by atoms with Crippen molar-refractivity contribution in [2.24, 2.45) is 0 Å². The molecule has 0 aromatic heterocycles. The van der Waals surface area contributed by atoms with Crippen molar-refractivity contribution in [2.75, 3.05) is 4.72 Å². The standard InChI is InChI=1S/C10H15NO2S.Na/c1-3-8(2)9-4-6-10(7-5-9)11-14(12)13;/h4-8,11H,3H2,1-2H3,(H,12,13);/p-1. The van der Waals surface area contributed by atoms with E-state index in [1.807, 2.05) is 12.1 Å². The van der Waals surface area contributed by atoms with Gasteiger partial charge in [-0.05, 0) is 30.0 Å². The summed E-state index contributed by atoms with van der Waals surface area (Å²) in [6.45, 7) is 4.28. The van der Waals surface area contributed by atoms with Crippen LogP contribution < -0.4 is 4.72 Å². The second-order valence-electron chi connectivity index (χ2n) is 3.27. The van der Waals surface area contributed by atoms with Crippen LogP contribution in [-0.4, -0.2) is 38.3 Å². The largest absolute Gasteiger partial charge is 0.755 e. The molecule has 1 rings (SSSR count). The number of benzene rings is 1. The molecule has 2 unspecified atom stereocenters. The molecule has 0 saturated heterocycles. The molecule has 79 valence electrons. The fourth-order valence-electron chi connectivity index (χ4n) is 1.21. The molecule has 1 aromatic rings. The minimum absolute atomic E-state index is 0. The third-order valence-electron chi connectivity index (χ3n) is 2.29. The summed E-state index contributed by atoms with van der Waals surface area (Å²) >= 11 is -2.24. The van der Waals surface area contributed by atoms with Gasteiger partial charge in [-0.15, -0.1) is 0 Å². The average molecular weight is 235 g/mol. The first-order valence-corrected chi connectivity index (χ1v) is 5.67. The van der Waals surface area contributed by atoms with Crippen LogP contribution in [0.2, 0.25) is 0 Å². The molecule has 0 fully saturated rings. The summed E-state index contributed by atoms with van der Waals surface area (Å²) in [5.41, 5.74) is 1.83. The predicted octanol–water partition coefficient (Wildman–Crippen LogP) is 2.03. The minimum Gasteiger partial charge on any atom is -0.755 e. The first-order valence-electron chi connectivity index (χ1n) is 4.59. The number of hydrogen-bond donors (Lipinski definition) is 1. The summed E-state index contributed by atoms with van der Waals surface area (Å²) in [4.78, 5) is 0. The van der Waals surface area contributed by atoms with E-state index in [1.54, 1.807) is 12.1 Å². The Bertz CT molecular complexity index is 316. The molecule has 5 heteroatoms. The van der Waals surface area contributed by atoms with Gasteiger partial charge >= 0.3 is 0 Å². The second-order valence-corrected chi connectivity index (χ2v) is 3.94. The van der Waals surface area contributed by atoms with Crippen LogP contribution in [-0.2, 0) is 11.3 Å². The molecule has 1 aromatic carbocycles. The smallest absolute Gasteiger partial charge is 0.0452 e. The van der Waals surface area contributed by atoms with E-state index in [2.05, 4.69) is 18.6 Å². The number of hydrogen-bond acceptors (Lipinski definition) is 2. The van der Waals surface area contributed by atoms with Gasteiger partial charge in [-0.2, -0.15) is 0 Å². The van der Waals surface area contributed by atoms with E-state index in [-0.39, 0.29) is 29.6 Å². The molecule has 0 bridgehead atoms. The van der Waals surface area contributed by atoms with Crippen LogP contribution in [0.15, 0.2) is 24.3 Å². The van der Waals surface area contributed by atoms with E-state index in [9.17, 15) is 8.76 Å². The number of nitrogens with one attached hydrogen (secondary N) is 1. The molecule has 15 heavy (non-hydrogen) atoms. The Morgan fingerprint density at radius 1 is 1.40 bits per heavy atom. The molecule has 0 aliphatic heterocycles. The second kappa shape index (κ2) is 7.41. The van der Waals surface area contributed by atoms with Gasteiger partial charge in [0.05, 0.1) is 0 Å². The normalized spacial score (nSPS) is 13.8. The van der Waals surface area contributed by atoms with Crippen molar-refractivity contribution < 1.29 is 8.76 Å². The maximum atomic E-state index is 10.3. The van der Waals surface area contributed by atoms with Crippen molar-refractivity contribution in [3.05, 3.63) is 29.8 Å². The van der Waals surface area contributed by atoms with Crippen LogP contribution in [0.5, 0.6) is 0 Å². The molecule has 1 N–H and O–H groups in total. The molecular weight excluding hydrogens is 221 g/mol. The van der Waals surface area contributed by atoms with Crippen molar-refractivity contribution in [1.29, 1.82) is 0 Å². The van der Waals surface area contributed by atoms with Crippen LogP contribution in [0.3, 0.4) is 0 Å². The number of anilines is 1. The van der Waals surface area contributed by atoms with Crippen molar-refractivity contribution >= 4 is 46.5 Å². The Kier molecular flexibility index (Phi) is 7.48. The van der Waals surface area contributed by atoms with Crippen molar-refractivity contribution in [2.45, 2.75) is 26.2 Å². The SMILES string of the molecule is CCC(C)c1ccc(NS(=O)[O-])cc1.[Na]. The third kappa shape index (κ3) is 5.13. The topological polar surface area (TPSA) is 52.2 Å². The summed E-state index contributed by atoms with van der Waals surface area (Å²) in [6, 6.07) is 7.45. The summed E-state index contributed by atoms with van der Waals surface area (Å²) in [6.07, 6.45) is 1.08. The van der Waals surface area contributed by atoms with Gasteiger partial charge in [-0.25, -0.2) is 0 Å². The zero-order valence-corrected chi connectivity index (χ0v) is 12.1. The molecule has 2 atom stereocenters. The van der Waals surface area contributed by atoms with E-state index < -0.39 is 11.3 Å². The van der Waals surface area contributed by atoms with E-state index in [0.29, 0.717) is 11.6 Å². The monoisotopic (exact) mass is 235 g/mol. The minimum atomic E-state index is -2.24. The quantitative estimate of drug-likeness (QED) is 0.641. The summed E-state index contributed by atoms with van der Waals surface area (Å²) in [5.74, 6) is 0.516. The fraction of sp³-hybridized carbons (Fsp3) is 0.400. The fourth-order valence-corrected chi connectivity index (χ4v) is 1.54. The molecule has 0 spiro atoms. The van der Waals surface area contributed by atoms with Crippen LogP contribution in [0.1, 0.15) is 31.7 Å². The maximum absolute atomic E-state index is 10.3. The Morgan fingerprint density at radius 2 is 1.93 bits per heavy atom. The van der Waals surface area contributed by atoms with Gasteiger partial charge in [-0.3, -0.25) is 4.21 Å². The Morgan fingerprint density at radius 3 is 2.33 bits per heavy atom. The third-order valence-corrected chi connectivity index (χ3v) is 2.70. The Labute approximate surface area is 115 Å². The zero-order chi connectivity index (χ0) is 10.6. The summed E-state index contributed by atoms with van der Waals surface area (Å²) in [7, 11) is 0. The van der Waals surface area contributed by atoms with Crippen molar-refractivity contribution in [1.82, 2.24) is 0 Å². The first-order chi connectivity index (χ1) is 6.63. The maximum Gasteiger partial charge on any atom is 0.0452 e. The van der Waals surface area contributed by atoms with Gasteiger partial charge in [0.2, 0.25) is 0 Å². The molecule has 0 aliphatic rings. The van der Waals surface area contributed by atoms with Gasteiger partial charge in [0.25, 0.3) is 0 Å². The Hall–Kier alpha value is 0.130. The van der Waals surface area contributed by atoms with E-state index in [4.69, 9.17) is 0 Å². The average Bonchev–Trinajstić information content (AvgIpc) is 2.17. The van der Waals surface area contributed by atoms with Crippen LogP contribution in [0.4, 0.5) is 5.69 Å². The number of rotatable bonds is 4. The Balaban J connectivity index is 0.00000196. The zero-order valence-electron chi connectivity index (χ0n) is 9.32. The summed E-state index contributed by atoms with van der Waals surface area (Å²) < 4.78 is 23.0. The first kappa shape index (κ1) is 15.1. The van der Waals surface area contributed by atoms with Gasteiger partial charge in [-0.1, -0.05) is 26.0 Å². The van der Waals surface area contributed by atoms with Gasteiger partial charge < -0.3 is 9.27 Å². The van der Waals surface area contributed by atoms with Crippen molar-refractivity contribution in [3.8, 4) is 0 Å². The van der Waals surface area contributed by atoms with Crippen LogP contribution in [0, 0.1) is 0 Å².